The molecule has 5 nitrogen and oxygen atoms in total. The average molecular weight is 496 g/mol. The van der Waals surface area contributed by atoms with Gasteiger partial charge in [-0.3, -0.25) is 9.69 Å². The van der Waals surface area contributed by atoms with Crippen LogP contribution in [0.1, 0.15) is 5.56 Å². The van der Waals surface area contributed by atoms with Crippen molar-refractivity contribution in [1.29, 1.82) is 0 Å². The smallest absolute Gasteiger partial charge is 0.266 e. The van der Waals surface area contributed by atoms with Crippen LogP contribution in [0.4, 0.5) is 0 Å². The quantitative estimate of drug-likeness (QED) is 0.188. The minimum absolute atomic E-state index is 0.196. The summed E-state index contributed by atoms with van der Waals surface area (Å²) in [6.45, 7) is 4.52. The number of hydrogen-bond donors (Lipinski definition) is 0. The number of carbonyl (C=O) groups excluding carboxylic acids is 1. The fourth-order valence-electron chi connectivity index (χ4n) is 2.76. The summed E-state index contributed by atoms with van der Waals surface area (Å²) in [5, 5.41) is 0.763. The van der Waals surface area contributed by atoms with Crippen LogP contribution in [0.15, 0.2) is 54.0 Å². The molecule has 1 fully saturated rings. The highest BCUT2D eigenvalue weighted by Gasteiger charge is 2.31. The van der Waals surface area contributed by atoms with Gasteiger partial charge in [0.05, 0.1) is 17.0 Å². The van der Waals surface area contributed by atoms with Gasteiger partial charge in [-0.15, -0.1) is 6.58 Å². The number of ether oxygens (including phenoxy) is 3. The summed E-state index contributed by atoms with van der Waals surface area (Å²) in [5.41, 5.74) is 0.581. The maximum atomic E-state index is 12.6. The van der Waals surface area contributed by atoms with Crippen LogP contribution in [0.2, 0.25) is 10.0 Å². The molecule has 2 aromatic carbocycles. The molecule has 1 saturated heterocycles. The van der Waals surface area contributed by atoms with E-state index < -0.39 is 0 Å². The third-order valence-electron chi connectivity index (χ3n) is 4.15. The highest BCUT2D eigenvalue weighted by Crippen LogP contribution is 2.38. The molecule has 0 atom stereocenters. The van der Waals surface area contributed by atoms with Crippen molar-refractivity contribution in [3.8, 4) is 17.2 Å². The molecule has 31 heavy (non-hydrogen) atoms. The second-order valence-corrected chi connectivity index (χ2v) is 8.78. The van der Waals surface area contributed by atoms with Crippen LogP contribution in [-0.2, 0) is 4.79 Å². The van der Waals surface area contributed by atoms with Gasteiger partial charge in [-0.1, -0.05) is 59.3 Å². The molecule has 3 rings (SSSR count). The van der Waals surface area contributed by atoms with Crippen molar-refractivity contribution in [1.82, 2.24) is 4.90 Å². The third-order valence-corrected chi connectivity index (χ3v) is 6.03. The summed E-state index contributed by atoms with van der Waals surface area (Å²) in [5.74, 6) is 1.58. The second kappa shape index (κ2) is 10.9. The van der Waals surface area contributed by atoms with Crippen molar-refractivity contribution in [3.63, 3.8) is 0 Å². The van der Waals surface area contributed by atoms with Crippen molar-refractivity contribution in [2.75, 3.05) is 26.9 Å². The largest absolute Gasteiger partial charge is 0.497 e. The van der Waals surface area contributed by atoms with Gasteiger partial charge in [0.2, 0.25) is 0 Å². The fourth-order valence-corrected chi connectivity index (χ4v) is 4.59. The molecule has 0 bridgehead atoms. The minimum atomic E-state index is -0.196. The highest BCUT2D eigenvalue weighted by molar-refractivity contribution is 8.26. The highest BCUT2D eigenvalue weighted by atomic mass is 35.5. The number of amides is 1. The number of halogens is 2. The molecule has 9 heteroatoms. The predicted octanol–water partition coefficient (Wildman–Crippen LogP) is 5.85. The zero-order valence-electron chi connectivity index (χ0n) is 16.6. The molecule has 0 aliphatic carbocycles. The van der Waals surface area contributed by atoms with Gasteiger partial charge in [-0.05, 0) is 30.3 Å². The lowest BCUT2D eigenvalue weighted by molar-refractivity contribution is -0.121. The number of benzene rings is 2. The van der Waals surface area contributed by atoms with Gasteiger partial charge >= 0.3 is 0 Å². The van der Waals surface area contributed by atoms with Crippen molar-refractivity contribution < 1.29 is 19.0 Å². The summed E-state index contributed by atoms with van der Waals surface area (Å²) < 4.78 is 17.2. The summed E-state index contributed by atoms with van der Waals surface area (Å²) in [6, 6.07) is 10.6. The lowest BCUT2D eigenvalue weighted by Crippen LogP contribution is -2.27. The van der Waals surface area contributed by atoms with Crippen LogP contribution in [-0.4, -0.2) is 42.0 Å². The van der Waals surface area contributed by atoms with Crippen LogP contribution in [0.5, 0.6) is 17.2 Å². The molecule has 1 heterocycles. The normalized spacial score (nSPS) is 14.8. The van der Waals surface area contributed by atoms with Crippen LogP contribution in [0.25, 0.3) is 6.08 Å². The van der Waals surface area contributed by atoms with E-state index in [-0.39, 0.29) is 19.1 Å². The Kier molecular flexibility index (Phi) is 8.26. The van der Waals surface area contributed by atoms with Crippen molar-refractivity contribution in [2.45, 2.75) is 0 Å². The Morgan fingerprint density at radius 2 is 1.90 bits per heavy atom. The van der Waals surface area contributed by atoms with Crippen LogP contribution < -0.4 is 14.2 Å². The maximum Gasteiger partial charge on any atom is 0.266 e. The van der Waals surface area contributed by atoms with Gasteiger partial charge < -0.3 is 14.2 Å². The molecule has 0 aromatic heterocycles. The molecule has 1 amide bonds. The van der Waals surface area contributed by atoms with E-state index in [4.69, 9.17) is 49.6 Å². The van der Waals surface area contributed by atoms with Gasteiger partial charge in [0.1, 0.15) is 34.8 Å². The lowest BCUT2D eigenvalue weighted by atomic mass is 10.1. The molecule has 0 radical (unpaired) electrons. The molecule has 1 aliphatic rings. The van der Waals surface area contributed by atoms with E-state index in [1.54, 1.807) is 37.5 Å². The zero-order chi connectivity index (χ0) is 22.4. The Morgan fingerprint density at radius 1 is 1.16 bits per heavy atom. The van der Waals surface area contributed by atoms with Crippen molar-refractivity contribution >= 4 is 63.5 Å². The SMILES string of the molecule is C=CCN1C(=O)/C(=C\c2cc(Cl)cc(Cl)c2OCCOc2cccc(OC)c2)SC1=S. The number of hydrogen-bond acceptors (Lipinski definition) is 6. The summed E-state index contributed by atoms with van der Waals surface area (Å²) in [7, 11) is 1.59. The number of carbonyl (C=O) groups is 1. The van der Waals surface area contributed by atoms with Gasteiger partial charge in [0.15, 0.2) is 0 Å². The monoisotopic (exact) mass is 495 g/mol. The van der Waals surface area contributed by atoms with Gasteiger partial charge in [0, 0.05) is 23.2 Å². The molecule has 0 unspecified atom stereocenters. The zero-order valence-corrected chi connectivity index (χ0v) is 19.7. The van der Waals surface area contributed by atoms with Crippen LogP contribution >= 0.6 is 47.2 Å². The maximum absolute atomic E-state index is 12.6. The number of thioether (sulfide) groups is 1. The van der Waals surface area contributed by atoms with Gasteiger partial charge in [-0.25, -0.2) is 0 Å². The first-order valence-corrected chi connectivity index (χ1v) is 11.2. The van der Waals surface area contributed by atoms with E-state index in [2.05, 4.69) is 6.58 Å². The molecule has 0 spiro atoms. The number of rotatable bonds is 9. The lowest BCUT2D eigenvalue weighted by Gasteiger charge is -2.13. The minimum Gasteiger partial charge on any atom is -0.497 e. The Bertz CT molecular complexity index is 1040. The van der Waals surface area contributed by atoms with Gasteiger partial charge in [0.25, 0.3) is 5.91 Å². The summed E-state index contributed by atoms with van der Waals surface area (Å²) >= 11 is 19.0. The Balaban J connectivity index is 1.73. The molecular weight excluding hydrogens is 477 g/mol. The Labute approximate surface area is 200 Å². The van der Waals surface area contributed by atoms with E-state index in [1.165, 1.54) is 16.7 Å². The molecule has 0 N–H and O–H groups in total. The molecule has 162 valence electrons. The first-order valence-electron chi connectivity index (χ1n) is 9.18. The topological polar surface area (TPSA) is 48.0 Å². The Hall–Kier alpha value is -2.19. The number of thiocarbonyl (C=S) groups is 1. The Morgan fingerprint density at radius 3 is 2.65 bits per heavy atom. The summed E-state index contributed by atoms with van der Waals surface area (Å²) in [4.78, 5) is 14.6. The first kappa shape index (κ1) is 23.5. The second-order valence-electron chi connectivity index (χ2n) is 6.26. The summed E-state index contributed by atoms with van der Waals surface area (Å²) in [6.07, 6.45) is 3.30. The van der Waals surface area contributed by atoms with Crippen molar-refractivity contribution in [2.24, 2.45) is 0 Å². The first-order chi connectivity index (χ1) is 14.9. The molecule has 0 saturated carbocycles. The van der Waals surface area contributed by atoms with E-state index in [0.717, 1.165) is 0 Å². The number of nitrogens with zero attached hydrogens (tertiary/aromatic N) is 1. The molecule has 1 aliphatic heterocycles. The fraction of sp³-hybridized carbons (Fsp3) is 0.182. The van der Waals surface area contributed by atoms with Crippen LogP contribution in [0.3, 0.4) is 0 Å². The van der Waals surface area contributed by atoms with E-state index in [9.17, 15) is 4.79 Å². The third kappa shape index (κ3) is 5.95. The predicted molar refractivity (Wildman–Crippen MR) is 131 cm³/mol. The van der Waals surface area contributed by atoms with Crippen LogP contribution in [0, 0.1) is 0 Å². The van der Waals surface area contributed by atoms with Gasteiger partial charge in [-0.2, -0.15) is 0 Å². The molecular formula is C22H19Cl2NO4S2. The average Bonchev–Trinajstić information content (AvgIpc) is 3.00. The number of methoxy groups -OCH3 is 1. The molecule has 2 aromatic rings. The van der Waals surface area contributed by atoms with E-state index in [0.29, 0.717) is 48.6 Å². The standard InChI is InChI=1S/C22H19Cl2NO4S2/c1-3-7-25-21(26)19(31-22(25)30)11-14-10-15(23)12-18(24)20(14)29-9-8-28-17-6-4-5-16(13-17)27-2/h3-6,10-13H,1,7-9H2,2H3/b19-11+. The van der Waals surface area contributed by atoms with Crippen molar-refractivity contribution in [3.05, 3.63) is 69.6 Å². The van der Waals surface area contributed by atoms with E-state index >= 15 is 0 Å². The van der Waals surface area contributed by atoms with E-state index in [1.807, 2.05) is 18.2 Å².